The Morgan fingerprint density at radius 3 is 2.39 bits per heavy atom. The number of nitrogens with zero attached hydrogens (tertiary/aromatic N) is 2. The lowest BCUT2D eigenvalue weighted by Gasteiger charge is -2.37. The van der Waals surface area contributed by atoms with Crippen LogP contribution in [0.15, 0.2) is 24.3 Å². The van der Waals surface area contributed by atoms with Crippen LogP contribution >= 0.6 is 0 Å². The zero-order chi connectivity index (χ0) is 21.8. The Morgan fingerprint density at radius 1 is 1.00 bits per heavy atom. The second kappa shape index (κ2) is 9.67. The predicted molar refractivity (Wildman–Crippen MR) is 120 cm³/mol. The molecule has 1 saturated carbocycles. The topological polar surface area (TPSA) is 98.8 Å². The molecule has 1 aromatic rings. The van der Waals surface area contributed by atoms with E-state index in [4.69, 9.17) is 0 Å². The van der Waals surface area contributed by atoms with Crippen molar-refractivity contribution in [1.29, 1.82) is 0 Å². The van der Waals surface area contributed by atoms with Gasteiger partial charge in [-0.1, -0.05) is 25.0 Å². The Morgan fingerprint density at radius 2 is 1.71 bits per heavy atom. The van der Waals surface area contributed by atoms with Gasteiger partial charge in [0.05, 0.1) is 29.3 Å². The quantitative estimate of drug-likeness (QED) is 0.676. The molecule has 2 aliphatic heterocycles. The summed E-state index contributed by atoms with van der Waals surface area (Å²) in [5.74, 6) is 0.266. The number of carbonyl (C=O) groups is 2. The van der Waals surface area contributed by atoms with E-state index in [0.29, 0.717) is 17.7 Å². The smallest absolute Gasteiger partial charge is 0.253 e. The van der Waals surface area contributed by atoms with E-state index in [0.717, 1.165) is 51.9 Å². The normalized spacial score (nSPS) is 24.8. The minimum absolute atomic E-state index is 0.117. The SMILES string of the molecule is O=C(CN1CCN(C2CCS(=O)(=O)C2)CC1)Nc1ccccc1C(=O)NC1CCCC1. The molecule has 3 aliphatic rings. The molecule has 1 unspecified atom stereocenters. The molecular weight excluding hydrogens is 416 g/mol. The van der Waals surface area contributed by atoms with Crippen molar-refractivity contribution >= 4 is 27.3 Å². The van der Waals surface area contributed by atoms with Crippen molar-refractivity contribution in [1.82, 2.24) is 15.1 Å². The molecule has 0 aromatic heterocycles. The van der Waals surface area contributed by atoms with Gasteiger partial charge in [-0.05, 0) is 31.4 Å². The average Bonchev–Trinajstić information content (AvgIpc) is 3.38. The van der Waals surface area contributed by atoms with Crippen molar-refractivity contribution in [3.05, 3.63) is 29.8 Å². The van der Waals surface area contributed by atoms with E-state index in [1.807, 2.05) is 12.1 Å². The molecule has 2 heterocycles. The Labute approximate surface area is 184 Å². The second-order valence-corrected chi connectivity index (χ2v) is 11.1. The molecule has 2 saturated heterocycles. The standard InChI is InChI=1S/C22H32N4O4S/c27-21(15-25-10-12-26(13-11-25)18-9-14-31(29,30)16-18)24-20-8-4-3-7-19(20)22(28)23-17-5-1-2-6-17/h3-4,7-8,17-18H,1-2,5-6,9-16H2,(H,23,28)(H,24,27). The zero-order valence-electron chi connectivity index (χ0n) is 17.9. The number of hydrogen-bond acceptors (Lipinski definition) is 6. The summed E-state index contributed by atoms with van der Waals surface area (Å²) in [7, 11) is -2.88. The summed E-state index contributed by atoms with van der Waals surface area (Å²) in [5, 5.41) is 5.98. The molecule has 170 valence electrons. The number of nitrogens with one attached hydrogen (secondary N) is 2. The molecule has 3 fully saturated rings. The molecule has 9 heteroatoms. The molecule has 2 amide bonds. The van der Waals surface area contributed by atoms with E-state index in [1.54, 1.807) is 12.1 Å². The van der Waals surface area contributed by atoms with Crippen LogP contribution in [0.5, 0.6) is 0 Å². The summed E-state index contributed by atoms with van der Waals surface area (Å²) in [5.41, 5.74) is 1.04. The van der Waals surface area contributed by atoms with E-state index >= 15 is 0 Å². The number of benzene rings is 1. The van der Waals surface area contributed by atoms with Crippen molar-refractivity contribution in [2.24, 2.45) is 0 Å². The second-order valence-electron chi connectivity index (χ2n) is 8.92. The van der Waals surface area contributed by atoms with Gasteiger partial charge < -0.3 is 10.6 Å². The summed E-state index contributed by atoms with van der Waals surface area (Å²) in [6.07, 6.45) is 5.03. The minimum atomic E-state index is -2.88. The van der Waals surface area contributed by atoms with Gasteiger partial charge >= 0.3 is 0 Å². The first-order valence-corrected chi connectivity index (χ1v) is 13.1. The van der Waals surface area contributed by atoms with Crippen molar-refractivity contribution in [2.45, 2.75) is 44.2 Å². The van der Waals surface area contributed by atoms with Crippen LogP contribution in [0.2, 0.25) is 0 Å². The van der Waals surface area contributed by atoms with Crippen LogP contribution in [0.1, 0.15) is 42.5 Å². The maximum Gasteiger partial charge on any atom is 0.253 e. The highest BCUT2D eigenvalue weighted by Crippen LogP contribution is 2.21. The molecule has 4 rings (SSSR count). The van der Waals surface area contributed by atoms with E-state index in [2.05, 4.69) is 20.4 Å². The molecule has 31 heavy (non-hydrogen) atoms. The van der Waals surface area contributed by atoms with Gasteiger partial charge in [0.2, 0.25) is 5.91 Å². The van der Waals surface area contributed by atoms with Gasteiger partial charge in [0.1, 0.15) is 0 Å². The maximum absolute atomic E-state index is 12.7. The van der Waals surface area contributed by atoms with Gasteiger partial charge in [-0.15, -0.1) is 0 Å². The number of anilines is 1. The fourth-order valence-electron chi connectivity index (χ4n) is 4.87. The summed E-state index contributed by atoms with van der Waals surface area (Å²) < 4.78 is 23.4. The highest BCUT2D eigenvalue weighted by Gasteiger charge is 2.33. The first-order chi connectivity index (χ1) is 14.9. The summed E-state index contributed by atoms with van der Waals surface area (Å²) in [4.78, 5) is 29.6. The predicted octanol–water partition coefficient (Wildman–Crippen LogP) is 1.10. The first-order valence-electron chi connectivity index (χ1n) is 11.3. The van der Waals surface area contributed by atoms with Gasteiger partial charge in [0.15, 0.2) is 9.84 Å². The van der Waals surface area contributed by atoms with Crippen LogP contribution in [-0.4, -0.2) is 86.3 Å². The van der Waals surface area contributed by atoms with Crippen molar-refractivity contribution in [3.63, 3.8) is 0 Å². The van der Waals surface area contributed by atoms with Gasteiger partial charge in [0, 0.05) is 38.3 Å². The first kappa shape index (κ1) is 22.2. The third-order valence-electron chi connectivity index (χ3n) is 6.64. The molecule has 0 radical (unpaired) electrons. The number of carbonyl (C=O) groups excluding carboxylic acids is 2. The Balaban J connectivity index is 1.27. The van der Waals surface area contributed by atoms with Gasteiger partial charge in [-0.2, -0.15) is 0 Å². The summed E-state index contributed by atoms with van der Waals surface area (Å²) >= 11 is 0. The Hall–Kier alpha value is -1.97. The van der Waals surface area contributed by atoms with E-state index in [9.17, 15) is 18.0 Å². The Bertz CT molecular complexity index is 906. The monoisotopic (exact) mass is 448 g/mol. The number of piperazine rings is 1. The summed E-state index contributed by atoms with van der Waals surface area (Å²) in [6, 6.07) is 7.47. The van der Waals surface area contributed by atoms with Crippen LogP contribution in [0.25, 0.3) is 0 Å². The van der Waals surface area contributed by atoms with Crippen molar-refractivity contribution < 1.29 is 18.0 Å². The molecule has 0 bridgehead atoms. The fraction of sp³-hybridized carbons (Fsp3) is 0.636. The van der Waals surface area contributed by atoms with Gasteiger partial charge in [-0.25, -0.2) is 8.42 Å². The number of rotatable bonds is 6. The van der Waals surface area contributed by atoms with Crippen LogP contribution in [0.3, 0.4) is 0 Å². The zero-order valence-corrected chi connectivity index (χ0v) is 18.7. The van der Waals surface area contributed by atoms with Crippen LogP contribution in [0, 0.1) is 0 Å². The number of hydrogen-bond donors (Lipinski definition) is 2. The molecule has 1 atom stereocenters. The van der Waals surface area contributed by atoms with Crippen LogP contribution in [-0.2, 0) is 14.6 Å². The molecule has 2 N–H and O–H groups in total. The lowest BCUT2D eigenvalue weighted by Crippen LogP contribution is -2.52. The van der Waals surface area contributed by atoms with E-state index < -0.39 is 9.84 Å². The third-order valence-corrected chi connectivity index (χ3v) is 8.39. The highest BCUT2D eigenvalue weighted by molar-refractivity contribution is 7.91. The third kappa shape index (κ3) is 5.84. The van der Waals surface area contributed by atoms with Gasteiger partial charge in [-0.3, -0.25) is 19.4 Å². The molecular formula is C22H32N4O4S. The van der Waals surface area contributed by atoms with E-state index in [1.165, 1.54) is 0 Å². The largest absolute Gasteiger partial charge is 0.349 e. The lowest BCUT2D eigenvalue weighted by molar-refractivity contribution is -0.117. The highest BCUT2D eigenvalue weighted by atomic mass is 32.2. The number of para-hydroxylation sites is 1. The van der Waals surface area contributed by atoms with Crippen molar-refractivity contribution in [3.8, 4) is 0 Å². The maximum atomic E-state index is 12.7. The fourth-order valence-corrected chi connectivity index (χ4v) is 6.63. The Kier molecular flexibility index (Phi) is 6.93. The van der Waals surface area contributed by atoms with Crippen molar-refractivity contribution in [2.75, 3.05) is 49.5 Å². The van der Waals surface area contributed by atoms with Crippen LogP contribution < -0.4 is 10.6 Å². The van der Waals surface area contributed by atoms with E-state index in [-0.39, 0.29) is 41.9 Å². The molecule has 0 spiro atoms. The van der Waals surface area contributed by atoms with Gasteiger partial charge in [0.25, 0.3) is 5.91 Å². The average molecular weight is 449 g/mol. The number of amides is 2. The van der Waals surface area contributed by atoms with Crippen LogP contribution in [0.4, 0.5) is 5.69 Å². The minimum Gasteiger partial charge on any atom is -0.349 e. The molecule has 1 aromatic carbocycles. The lowest BCUT2D eigenvalue weighted by atomic mass is 10.1. The number of sulfone groups is 1. The summed E-state index contributed by atoms with van der Waals surface area (Å²) in [6.45, 7) is 3.26. The molecule has 1 aliphatic carbocycles. The molecule has 8 nitrogen and oxygen atoms in total.